The van der Waals surface area contributed by atoms with E-state index < -0.39 is 0 Å². The second-order valence-electron chi connectivity index (χ2n) is 13.5. The zero-order valence-electron chi connectivity index (χ0n) is 31.5. The van der Waals surface area contributed by atoms with Crippen LogP contribution in [0.1, 0.15) is 71.2 Å². The van der Waals surface area contributed by atoms with E-state index in [1.54, 1.807) is 0 Å². The maximum Gasteiger partial charge on any atom is 0.126 e. The lowest BCUT2D eigenvalue weighted by atomic mass is 9.91. The second-order valence-corrected chi connectivity index (χ2v) is 16.0. The molecule has 0 saturated heterocycles. The number of hydrogen-bond donors (Lipinski definition) is 0. The third kappa shape index (κ3) is 11.5. The average molecular weight is 963 g/mol. The fourth-order valence-electron chi connectivity index (χ4n) is 6.92. The number of rotatable bonds is 6. The molecular weight excluding hydrogens is 910 g/mol. The lowest BCUT2D eigenvalue weighted by molar-refractivity contribution is -0.00706. The summed E-state index contributed by atoms with van der Waals surface area (Å²) in [5.74, 6) is 3.64. The molecule has 2 aliphatic rings. The van der Waals surface area contributed by atoms with Gasteiger partial charge in [0.1, 0.15) is 36.2 Å². The smallest absolute Gasteiger partial charge is 0.126 e. The van der Waals surface area contributed by atoms with Gasteiger partial charge < -0.3 is 37.9 Å². The highest BCUT2D eigenvalue weighted by molar-refractivity contribution is 14.1. The van der Waals surface area contributed by atoms with Crippen LogP contribution in [0.15, 0.2) is 60.7 Å². The molecule has 54 heavy (non-hydrogen) atoms. The number of ether oxygens (including phenoxy) is 8. The van der Waals surface area contributed by atoms with Crippen molar-refractivity contribution in [1.29, 1.82) is 0 Å². The van der Waals surface area contributed by atoms with Crippen LogP contribution in [0.4, 0.5) is 0 Å². The van der Waals surface area contributed by atoms with E-state index in [2.05, 4.69) is 120 Å². The van der Waals surface area contributed by atoms with Gasteiger partial charge in [-0.2, -0.15) is 0 Å². The molecule has 1 heterocycles. The van der Waals surface area contributed by atoms with Crippen LogP contribution < -0.4 is 18.9 Å². The zero-order valence-corrected chi connectivity index (χ0v) is 35.8. The highest BCUT2D eigenvalue weighted by atomic mass is 127. The molecule has 0 spiro atoms. The van der Waals surface area contributed by atoms with Gasteiger partial charge in [-0.15, -0.1) is 0 Å². The van der Waals surface area contributed by atoms with Gasteiger partial charge in [0.2, 0.25) is 0 Å². The van der Waals surface area contributed by atoms with Crippen molar-refractivity contribution >= 4 is 45.2 Å². The number of fused-ring (bicyclic) bond motifs is 2. The molecule has 0 N–H and O–H groups in total. The molecule has 4 aromatic carbocycles. The maximum atomic E-state index is 6.71. The standard InChI is InChI=1S/C44H52I2O8/c1-3-11-51-43-35-23-31-7-5-9-33-25-37-29-40(46)30-38(44(37)52-12-4-2)26-34-10-6-8-32(24-36(43)28-39(45)27-35)42(34)54-22-20-50-18-16-48-14-13-47-15-17-49-19-21-53-41(31)33/h5-10,27-30H,3-4,11-26H2,1-2H3. The minimum Gasteiger partial charge on any atom is -0.493 e. The fourth-order valence-corrected chi connectivity index (χ4v) is 8.42. The topological polar surface area (TPSA) is 73.8 Å². The van der Waals surface area contributed by atoms with E-state index in [4.69, 9.17) is 37.9 Å². The minimum atomic E-state index is 0.415. The summed E-state index contributed by atoms with van der Waals surface area (Å²) in [6.07, 6.45) is 4.43. The molecule has 10 bridgehead atoms. The predicted molar refractivity (Wildman–Crippen MR) is 228 cm³/mol. The molecule has 0 unspecified atom stereocenters. The normalized spacial score (nSPS) is 16.1. The van der Waals surface area contributed by atoms with E-state index in [1.165, 1.54) is 0 Å². The Kier molecular flexibility index (Phi) is 16.4. The van der Waals surface area contributed by atoms with Crippen molar-refractivity contribution in [3.8, 4) is 23.0 Å². The molecule has 6 rings (SSSR count). The van der Waals surface area contributed by atoms with Crippen LogP contribution in [0.2, 0.25) is 0 Å². The largest absolute Gasteiger partial charge is 0.493 e. The molecule has 0 radical (unpaired) electrons. The summed E-state index contributed by atoms with van der Waals surface area (Å²) < 4.78 is 52.4. The van der Waals surface area contributed by atoms with Gasteiger partial charge in [0, 0.05) is 32.8 Å². The third-order valence-corrected chi connectivity index (χ3v) is 10.5. The number of halogens is 2. The van der Waals surface area contributed by atoms with E-state index in [1.807, 2.05) is 0 Å². The van der Waals surface area contributed by atoms with Crippen LogP contribution >= 0.6 is 45.2 Å². The van der Waals surface area contributed by atoms with Crippen LogP contribution in [0.25, 0.3) is 0 Å². The Balaban J connectivity index is 1.53. The van der Waals surface area contributed by atoms with Crippen molar-refractivity contribution in [3.05, 3.63) is 112 Å². The fraction of sp³-hybridized carbons (Fsp3) is 0.455. The molecule has 0 saturated carbocycles. The van der Waals surface area contributed by atoms with Crippen molar-refractivity contribution in [1.82, 2.24) is 0 Å². The molecule has 10 heteroatoms. The summed E-state index contributed by atoms with van der Waals surface area (Å²) in [7, 11) is 0. The Morgan fingerprint density at radius 1 is 0.444 bits per heavy atom. The molecule has 8 nitrogen and oxygen atoms in total. The van der Waals surface area contributed by atoms with Crippen molar-refractivity contribution in [2.75, 3.05) is 79.3 Å². The molecule has 0 fully saturated rings. The molecule has 4 aromatic rings. The molecule has 0 atom stereocenters. The molecule has 290 valence electrons. The Labute approximate surface area is 347 Å². The highest BCUT2D eigenvalue weighted by Gasteiger charge is 2.23. The zero-order chi connectivity index (χ0) is 37.5. The number of benzene rings is 4. The van der Waals surface area contributed by atoms with Gasteiger partial charge in [0.25, 0.3) is 0 Å². The van der Waals surface area contributed by atoms with Gasteiger partial charge in [-0.05, 0) is 127 Å². The summed E-state index contributed by atoms with van der Waals surface area (Å²) in [6.45, 7) is 10.2. The van der Waals surface area contributed by atoms with Crippen molar-refractivity contribution in [3.63, 3.8) is 0 Å². The summed E-state index contributed by atoms with van der Waals surface area (Å²) >= 11 is 4.88. The molecule has 1 aliphatic carbocycles. The highest BCUT2D eigenvalue weighted by Crippen LogP contribution is 2.40. The first-order valence-corrected chi connectivity index (χ1v) is 21.4. The van der Waals surface area contributed by atoms with Crippen molar-refractivity contribution in [2.45, 2.75) is 52.4 Å². The van der Waals surface area contributed by atoms with E-state index in [9.17, 15) is 0 Å². The third-order valence-electron chi connectivity index (χ3n) is 9.26. The first kappa shape index (κ1) is 41.0. The van der Waals surface area contributed by atoms with Gasteiger partial charge in [0.05, 0.1) is 66.1 Å². The minimum absolute atomic E-state index is 0.415. The monoisotopic (exact) mass is 962 g/mol. The number of hydrogen-bond acceptors (Lipinski definition) is 8. The van der Waals surface area contributed by atoms with E-state index in [0.717, 1.165) is 87.5 Å². The maximum absolute atomic E-state index is 6.71. The van der Waals surface area contributed by atoms with Crippen LogP contribution in [-0.4, -0.2) is 79.3 Å². The lowest BCUT2D eigenvalue weighted by Gasteiger charge is -2.23. The van der Waals surface area contributed by atoms with Crippen molar-refractivity contribution in [2.24, 2.45) is 0 Å². The van der Waals surface area contributed by atoms with Gasteiger partial charge in [-0.25, -0.2) is 0 Å². The average Bonchev–Trinajstić information content (AvgIpc) is 3.15. The van der Waals surface area contributed by atoms with E-state index >= 15 is 0 Å². The first-order chi connectivity index (χ1) is 26.5. The van der Waals surface area contributed by atoms with E-state index in [0.29, 0.717) is 105 Å². The van der Waals surface area contributed by atoms with Gasteiger partial charge >= 0.3 is 0 Å². The second kappa shape index (κ2) is 21.6. The van der Waals surface area contributed by atoms with Crippen molar-refractivity contribution < 1.29 is 37.9 Å². The Morgan fingerprint density at radius 2 is 0.741 bits per heavy atom. The molecular formula is C44H52I2O8. The van der Waals surface area contributed by atoms with Crippen LogP contribution in [0.3, 0.4) is 0 Å². The summed E-state index contributed by atoms with van der Waals surface area (Å²) in [5, 5.41) is 0. The van der Waals surface area contributed by atoms with Gasteiger partial charge in [-0.1, -0.05) is 50.2 Å². The number of para-hydroxylation sites is 2. The van der Waals surface area contributed by atoms with Crippen LogP contribution in [-0.2, 0) is 44.6 Å². The van der Waals surface area contributed by atoms with Gasteiger partial charge in [-0.3, -0.25) is 0 Å². The summed E-state index contributed by atoms with van der Waals surface area (Å²) in [4.78, 5) is 0. The van der Waals surface area contributed by atoms with Gasteiger partial charge in [0.15, 0.2) is 0 Å². The molecule has 1 aliphatic heterocycles. The lowest BCUT2D eigenvalue weighted by Crippen LogP contribution is -2.15. The predicted octanol–water partition coefficient (Wildman–Crippen LogP) is 8.99. The molecule has 0 aromatic heterocycles. The first-order valence-electron chi connectivity index (χ1n) is 19.2. The molecule has 0 amide bonds. The summed E-state index contributed by atoms with van der Waals surface area (Å²) in [6, 6.07) is 22.0. The quantitative estimate of drug-likeness (QED) is 0.156. The van der Waals surface area contributed by atoms with Crippen LogP contribution in [0, 0.1) is 7.14 Å². The van der Waals surface area contributed by atoms with Crippen LogP contribution in [0.5, 0.6) is 23.0 Å². The Bertz CT molecular complexity index is 1590. The Morgan fingerprint density at radius 3 is 1.04 bits per heavy atom. The Hall–Kier alpha value is -2.62. The van der Waals surface area contributed by atoms with E-state index in [-0.39, 0.29) is 0 Å². The summed E-state index contributed by atoms with van der Waals surface area (Å²) in [5.41, 5.74) is 8.97. The SMILES string of the molecule is CCCOc1c2cc(I)cc1Cc1cccc3c1OCCOCCOCCOCCOCCOc1c(cccc1Cc1cc(I)cc(c1OCCC)C3)C2.